The first kappa shape index (κ1) is 13.4. The van der Waals surface area contributed by atoms with Gasteiger partial charge in [0.25, 0.3) is 0 Å². The Balaban J connectivity index is 2.21. The molecular weight excluding hydrogens is 293 g/mol. The van der Waals surface area contributed by atoms with E-state index >= 15 is 0 Å². The largest absolute Gasteiger partial charge is 0.320 e. The Hall–Kier alpha value is -1.58. The van der Waals surface area contributed by atoms with E-state index in [9.17, 15) is 0 Å². The first-order valence-electron chi connectivity index (χ1n) is 6.33. The minimum absolute atomic E-state index is 0.121. The molecule has 0 amide bonds. The number of halogens is 2. The van der Waals surface area contributed by atoms with Crippen LogP contribution in [0.15, 0.2) is 42.7 Å². The minimum Gasteiger partial charge on any atom is -0.320 e. The fourth-order valence-corrected chi connectivity index (χ4v) is 2.79. The molecule has 0 aliphatic rings. The maximum Gasteiger partial charge on any atom is 0.125 e. The standard InChI is InChI=1S/C15H13Cl2N3/c1-10(11-4-6-18-7-5-11)20-14-8-12(17)2-3-13(14)19-15(20)9-16/h2-8,10H,9H2,1H3. The molecule has 0 N–H and O–H groups in total. The monoisotopic (exact) mass is 305 g/mol. The third kappa shape index (κ3) is 2.28. The molecule has 3 rings (SSSR count). The molecule has 2 heterocycles. The van der Waals surface area contributed by atoms with Gasteiger partial charge in [-0.25, -0.2) is 4.98 Å². The van der Waals surface area contributed by atoms with E-state index in [1.807, 2.05) is 30.3 Å². The summed E-state index contributed by atoms with van der Waals surface area (Å²) < 4.78 is 2.13. The van der Waals surface area contributed by atoms with Gasteiger partial charge in [0.05, 0.1) is 23.0 Å². The predicted octanol–water partition coefficient (Wildman–Crippen LogP) is 4.43. The van der Waals surface area contributed by atoms with Gasteiger partial charge in [0.1, 0.15) is 5.82 Å². The second-order valence-electron chi connectivity index (χ2n) is 4.62. The summed E-state index contributed by atoms with van der Waals surface area (Å²) in [6.07, 6.45) is 3.58. The van der Waals surface area contributed by atoms with Gasteiger partial charge in [-0.05, 0) is 42.8 Å². The number of pyridine rings is 1. The number of imidazole rings is 1. The highest BCUT2D eigenvalue weighted by Crippen LogP contribution is 2.28. The van der Waals surface area contributed by atoms with Gasteiger partial charge in [0.15, 0.2) is 0 Å². The molecule has 102 valence electrons. The summed E-state index contributed by atoms with van der Waals surface area (Å²) in [4.78, 5) is 8.63. The Morgan fingerprint density at radius 1 is 1.20 bits per heavy atom. The fourth-order valence-electron chi connectivity index (χ4n) is 2.43. The lowest BCUT2D eigenvalue weighted by atomic mass is 10.1. The van der Waals surface area contributed by atoms with E-state index in [-0.39, 0.29) is 6.04 Å². The van der Waals surface area contributed by atoms with Crippen molar-refractivity contribution in [1.29, 1.82) is 0 Å². The summed E-state index contributed by atoms with van der Waals surface area (Å²) >= 11 is 12.2. The van der Waals surface area contributed by atoms with Crippen LogP contribution in [0, 0.1) is 0 Å². The molecule has 2 aromatic heterocycles. The Bertz CT molecular complexity index is 737. The van der Waals surface area contributed by atoms with Crippen LogP contribution in [0.3, 0.4) is 0 Å². The van der Waals surface area contributed by atoms with E-state index < -0.39 is 0 Å². The topological polar surface area (TPSA) is 30.7 Å². The van der Waals surface area contributed by atoms with Crippen LogP contribution in [-0.2, 0) is 5.88 Å². The quantitative estimate of drug-likeness (QED) is 0.670. The minimum atomic E-state index is 0.121. The lowest BCUT2D eigenvalue weighted by Gasteiger charge is -2.17. The third-order valence-electron chi connectivity index (χ3n) is 3.42. The van der Waals surface area contributed by atoms with Crippen LogP contribution in [0.25, 0.3) is 11.0 Å². The molecule has 3 nitrogen and oxygen atoms in total. The molecule has 1 unspecified atom stereocenters. The van der Waals surface area contributed by atoms with Crippen molar-refractivity contribution < 1.29 is 0 Å². The number of rotatable bonds is 3. The summed E-state index contributed by atoms with van der Waals surface area (Å²) in [5, 5.41) is 0.696. The number of alkyl halides is 1. The highest BCUT2D eigenvalue weighted by molar-refractivity contribution is 6.31. The summed E-state index contributed by atoms with van der Waals surface area (Å²) in [6.45, 7) is 2.12. The molecule has 0 radical (unpaired) electrons. The molecule has 0 aliphatic heterocycles. The molecule has 0 spiro atoms. The maximum absolute atomic E-state index is 6.11. The molecule has 3 aromatic rings. The van der Waals surface area contributed by atoms with Crippen LogP contribution in [0.1, 0.15) is 24.4 Å². The van der Waals surface area contributed by atoms with Gasteiger partial charge in [-0.1, -0.05) is 11.6 Å². The Labute approximate surface area is 127 Å². The van der Waals surface area contributed by atoms with Crippen molar-refractivity contribution in [2.45, 2.75) is 18.8 Å². The molecule has 1 aromatic carbocycles. The zero-order chi connectivity index (χ0) is 14.1. The van der Waals surface area contributed by atoms with Crippen molar-refractivity contribution in [1.82, 2.24) is 14.5 Å². The number of fused-ring (bicyclic) bond motifs is 1. The lowest BCUT2D eigenvalue weighted by molar-refractivity contribution is 0.633. The number of aromatic nitrogens is 3. The van der Waals surface area contributed by atoms with E-state index in [4.69, 9.17) is 23.2 Å². The van der Waals surface area contributed by atoms with Crippen molar-refractivity contribution in [3.8, 4) is 0 Å². The summed E-state index contributed by atoms with van der Waals surface area (Å²) in [5.74, 6) is 1.20. The van der Waals surface area contributed by atoms with E-state index in [1.54, 1.807) is 12.4 Å². The van der Waals surface area contributed by atoms with Crippen molar-refractivity contribution >= 4 is 34.2 Å². The lowest BCUT2D eigenvalue weighted by Crippen LogP contribution is -2.09. The van der Waals surface area contributed by atoms with Crippen molar-refractivity contribution in [2.75, 3.05) is 0 Å². The first-order valence-corrected chi connectivity index (χ1v) is 7.24. The highest BCUT2D eigenvalue weighted by Gasteiger charge is 2.16. The maximum atomic E-state index is 6.11. The SMILES string of the molecule is CC(c1ccncc1)n1c(CCl)nc2ccc(Cl)cc21. The molecule has 0 bridgehead atoms. The zero-order valence-electron chi connectivity index (χ0n) is 10.9. The Morgan fingerprint density at radius 3 is 2.65 bits per heavy atom. The molecule has 20 heavy (non-hydrogen) atoms. The molecule has 0 aliphatic carbocycles. The van der Waals surface area contributed by atoms with Crippen LogP contribution in [-0.4, -0.2) is 14.5 Å². The summed E-state index contributed by atoms with van der Waals surface area (Å²) in [7, 11) is 0. The summed E-state index contributed by atoms with van der Waals surface area (Å²) in [5.41, 5.74) is 3.06. The van der Waals surface area contributed by atoms with Crippen LogP contribution >= 0.6 is 23.2 Å². The van der Waals surface area contributed by atoms with Crippen LogP contribution < -0.4 is 0 Å². The Kier molecular flexibility index (Phi) is 3.64. The van der Waals surface area contributed by atoms with E-state index in [0.717, 1.165) is 22.4 Å². The zero-order valence-corrected chi connectivity index (χ0v) is 12.4. The van der Waals surface area contributed by atoms with Crippen molar-refractivity contribution in [3.05, 3.63) is 59.1 Å². The normalized spacial score (nSPS) is 12.8. The molecule has 0 fully saturated rings. The number of hydrogen-bond acceptors (Lipinski definition) is 2. The number of benzene rings is 1. The van der Waals surface area contributed by atoms with Gasteiger partial charge in [0.2, 0.25) is 0 Å². The van der Waals surface area contributed by atoms with E-state index in [1.165, 1.54) is 0 Å². The average Bonchev–Trinajstić information content (AvgIpc) is 2.85. The molecular formula is C15H13Cl2N3. The average molecular weight is 306 g/mol. The van der Waals surface area contributed by atoms with Gasteiger partial charge in [-0.2, -0.15) is 0 Å². The van der Waals surface area contributed by atoms with E-state index in [0.29, 0.717) is 10.9 Å². The fraction of sp³-hybridized carbons (Fsp3) is 0.200. The van der Waals surface area contributed by atoms with Gasteiger partial charge in [-0.3, -0.25) is 4.98 Å². The second-order valence-corrected chi connectivity index (χ2v) is 5.32. The molecule has 1 atom stereocenters. The van der Waals surface area contributed by atoms with Crippen molar-refractivity contribution in [2.24, 2.45) is 0 Å². The third-order valence-corrected chi connectivity index (χ3v) is 3.89. The predicted molar refractivity (Wildman–Crippen MR) is 82.4 cm³/mol. The first-order chi connectivity index (χ1) is 9.70. The van der Waals surface area contributed by atoms with Gasteiger partial charge in [-0.15, -0.1) is 11.6 Å². The molecule has 0 saturated carbocycles. The molecule has 5 heteroatoms. The van der Waals surface area contributed by atoms with Gasteiger partial charge < -0.3 is 4.57 Å². The highest BCUT2D eigenvalue weighted by atomic mass is 35.5. The Morgan fingerprint density at radius 2 is 1.95 bits per heavy atom. The second kappa shape index (κ2) is 5.43. The van der Waals surface area contributed by atoms with Crippen LogP contribution in [0.4, 0.5) is 0 Å². The van der Waals surface area contributed by atoms with Crippen molar-refractivity contribution in [3.63, 3.8) is 0 Å². The number of nitrogens with zero attached hydrogens (tertiary/aromatic N) is 3. The molecule has 0 saturated heterocycles. The van der Waals surface area contributed by atoms with Gasteiger partial charge in [0, 0.05) is 17.4 Å². The van der Waals surface area contributed by atoms with Gasteiger partial charge >= 0.3 is 0 Å². The van der Waals surface area contributed by atoms with Crippen LogP contribution in [0.2, 0.25) is 5.02 Å². The summed E-state index contributed by atoms with van der Waals surface area (Å²) in [6, 6.07) is 9.81. The van der Waals surface area contributed by atoms with Crippen LogP contribution in [0.5, 0.6) is 0 Å². The van der Waals surface area contributed by atoms with E-state index in [2.05, 4.69) is 21.5 Å². The number of hydrogen-bond donors (Lipinski definition) is 0. The smallest absolute Gasteiger partial charge is 0.125 e.